The molecule has 1 fully saturated rings. The molecule has 0 spiro atoms. The highest BCUT2D eigenvalue weighted by Crippen LogP contribution is 2.23. The van der Waals surface area contributed by atoms with E-state index in [9.17, 15) is 13.2 Å². The van der Waals surface area contributed by atoms with Crippen molar-refractivity contribution < 1.29 is 13.2 Å². The third-order valence-corrected chi connectivity index (χ3v) is 6.39. The summed E-state index contributed by atoms with van der Waals surface area (Å²) >= 11 is 0. The van der Waals surface area contributed by atoms with E-state index in [2.05, 4.69) is 0 Å². The van der Waals surface area contributed by atoms with Gasteiger partial charge in [0, 0.05) is 19.1 Å². The zero-order valence-electron chi connectivity index (χ0n) is 14.3. The van der Waals surface area contributed by atoms with Crippen LogP contribution in [0.5, 0.6) is 0 Å². The second-order valence-corrected chi connectivity index (χ2v) is 8.55. The van der Waals surface area contributed by atoms with Gasteiger partial charge >= 0.3 is 0 Å². The van der Waals surface area contributed by atoms with Crippen molar-refractivity contribution in [3.05, 3.63) is 29.8 Å². The molecule has 1 aliphatic rings. The molecule has 0 aliphatic carbocycles. The fourth-order valence-corrected chi connectivity index (χ4v) is 4.28. The second-order valence-electron chi connectivity index (χ2n) is 6.50. The number of hydrogen-bond donors (Lipinski definition) is 0. The summed E-state index contributed by atoms with van der Waals surface area (Å²) in [5, 5.41) is 0. The van der Waals surface area contributed by atoms with Crippen LogP contribution >= 0.6 is 0 Å². The first-order chi connectivity index (χ1) is 10.7. The van der Waals surface area contributed by atoms with Gasteiger partial charge < -0.3 is 4.90 Å². The maximum atomic E-state index is 12.6. The summed E-state index contributed by atoms with van der Waals surface area (Å²) in [4.78, 5) is 14.6. The molecule has 2 atom stereocenters. The van der Waals surface area contributed by atoms with E-state index < -0.39 is 10.0 Å². The summed E-state index contributed by atoms with van der Waals surface area (Å²) < 4.78 is 26.3. The van der Waals surface area contributed by atoms with Crippen LogP contribution in [0.3, 0.4) is 0 Å². The van der Waals surface area contributed by atoms with Gasteiger partial charge in [-0.05, 0) is 52.2 Å². The lowest BCUT2D eigenvalue weighted by Crippen LogP contribution is -2.51. The lowest BCUT2D eigenvalue weighted by atomic mass is 9.97. The van der Waals surface area contributed by atoms with Gasteiger partial charge in [0.2, 0.25) is 15.9 Å². The number of likely N-dealkylation sites (tertiary alicyclic amines) is 1. The van der Waals surface area contributed by atoms with Crippen LogP contribution in [0.15, 0.2) is 29.2 Å². The number of likely N-dealkylation sites (N-methyl/N-ethyl adjacent to an activating group) is 1. The average Bonchev–Trinajstić information content (AvgIpc) is 2.47. The zero-order valence-corrected chi connectivity index (χ0v) is 15.1. The molecular formula is C17H26N2O3S. The molecule has 128 valence electrons. The number of benzene rings is 1. The van der Waals surface area contributed by atoms with E-state index in [1.165, 1.54) is 7.05 Å². The van der Waals surface area contributed by atoms with Crippen molar-refractivity contribution in [2.75, 3.05) is 13.6 Å². The summed E-state index contributed by atoms with van der Waals surface area (Å²) in [5.74, 6) is -0.122. The van der Waals surface area contributed by atoms with Gasteiger partial charge in [0.25, 0.3) is 0 Å². The van der Waals surface area contributed by atoms with Crippen LogP contribution in [-0.2, 0) is 14.8 Å². The minimum atomic E-state index is -3.64. The highest BCUT2D eigenvalue weighted by Gasteiger charge is 2.31. The topological polar surface area (TPSA) is 57.7 Å². The Balaban J connectivity index is 2.12. The Hall–Kier alpha value is -1.40. The fraction of sp³-hybridized carbons (Fsp3) is 0.588. The normalized spacial score (nSPS) is 22.4. The summed E-state index contributed by atoms with van der Waals surface area (Å²) in [6.45, 7) is 5.84. The number of piperidine rings is 1. The molecule has 1 heterocycles. The van der Waals surface area contributed by atoms with E-state index in [1.807, 2.05) is 25.7 Å². The van der Waals surface area contributed by atoms with Crippen molar-refractivity contribution >= 4 is 15.9 Å². The number of rotatable bonds is 4. The van der Waals surface area contributed by atoms with Gasteiger partial charge in [-0.1, -0.05) is 17.7 Å². The summed E-state index contributed by atoms with van der Waals surface area (Å²) in [7, 11) is -2.17. The monoisotopic (exact) mass is 338 g/mol. The third-order valence-electron chi connectivity index (χ3n) is 4.57. The van der Waals surface area contributed by atoms with Crippen LogP contribution in [0.25, 0.3) is 0 Å². The second kappa shape index (κ2) is 7.01. The standard InChI is InChI=1S/C17H26N2O3S/c1-13-8-10-16(11-9-13)23(21,22)18(4)12-17(20)19-14(2)6-5-7-15(19)3/h8-11,14-15H,5-7,12H2,1-4H3/t14-,15-/m0/s1. The molecule has 23 heavy (non-hydrogen) atoms. The van der Waals surface area contributed by atoms with Gasteiger partial charge in [0.1, 0.15) is 0 Å². The molecule has 1 aromatic rings. The van der Waals surface area contributed by atoms with Crippen molar-refractivity contribution in [3.8, 4) is 0 Å². The largest absolute Gasteiger partial charge is 0.336 e. The Labute approximate surface area is 139 Å². The Morgan fingerprint density at radius 1 is 1.17 bits per heavy atom. The van der Waals surface area contributed by atoms with E-state index in [0.717, 1.165) is 29.1 Å². The first-order valence-electron chi connectivity index (χ1n) is 8.07. The average molecular weight is 338 g/mol. The van der Waals surface area contributed by atoms with E-state index in [-0.39, 0.29) is 29.4 Å². The predicted octanol–water partition coefficient (Wildman–Crippen LogP) is 2.41. The van der Waals surface area contributed by atoms with E-state index in [1.54, 1.807) is 24.3 Å². The Bertz CT molecular complexity index is 645. The van der Waals surface area contributed by atoms with Crippen molar-refractivity contribution in [1.82, 2.24) is 9.21 Å². The minimum absolute atomic E-state index is 0.120. The van der Waals surface area contributed by atoms with Crippen LogP contribution in [0.1, 0.15) is 38.7 Å². The van der Waals surface area contributed by atoms with Gasteiger partial charge in [0.05, 0.1) is 11.4 Å². The molecule has 2 rings (SSSR count). The van der Waals surface area contributed by atoms with Crippen molar-refractivity contribution in [1.29, 1.82) is 0 Å². The number of carbonyl (C=O) groups is 1. The summed E-state index contributed by atoms with van der Waals surface area (Å²) in [5.41, 5.74) is 0.999. The third kappa shape index (κ3) is 3.93. The van der Waals surface area contributed by atoms with Gasteiger partial charge in [-0.25, -0.2) is 8.42 Å². The lowest BCUT2D eigenvalue weighted by Gasteiger charge is -2.39. The van der Waals surface area contributed by atoms with Crippen LogP contribution < -0.4 is 0 Å². The maximum Gasteiger partial charge on any atom is 0.243 e. The SMILES string of the molecule is Cc1ccc(S(=O)(=O)N(C)CC(=O)N2[C@@H](C)CCC[C@@H]2C)cc1. The molecular weight excluding hydrogens is 312 g/mol. The number of aryl methyl sites for hydroxylation is 1. The molecule has 0 saturated carbocycles. The quantitative estimate of drug-likeness (QED) is 0.847. The number of amides is 1. The first-order valence-corrected chi connectivity index (χ1v) is 9.51. The number of sulfonamides is 1. The highest BCUT2D eigenvalue weighted by molar-refractivity contribution is 7.89. The molecule has 1 aromatic carbocycles. The van der Waals surface area contributed by atoms with Crippen molar-refractivity contribution in [2.24, 2.45) is 0 Å². The van der Waals surface area contributed by atoms with Crippen LogP contribution in [0.2, 0.25) is 0 Å². The van der Waals surface area contributed by atoms with Gasteiger partial charge in [-0.3, -0.25) is 4.79 Å². The number of hydrogen-bond acceptors (Lipinski definition) is 3. The summed E-state index contributed by atoms with van der Waals surface area (Å²) in [6, 6.07) is 7.02. The van der Waals surface area contributed by atoms with Crippen LogP contribution in [0, 0.1) is 6.92 Å². The molecule has 1 aliphatic heterocycles. The Morgan fingerprint density at radius 3 is 2.22 bits per heavy atom. The molecule has 1 saturated heterocycles. The molecule has 0 bridgehead atoms. The fourth-order valence-electron chi connectivity index (χ4n) is 3.16. The number of nitrogens with zero attached hydrogens (tertiary/aromatic N) is 2. The minimum Gasteiger partial charge on any atom is -0.336 e. The van der Waals surface area contributed by atoms with Gasteiger partial charge in [0.15, 0.2) is 0 Å². The van der Waals surface area contributed by atoms with E-state index in [4.69, 9.17) is 0 Å². The van der Waals surface area contributed by atoms with Gasteiger partial charge in [-0.15, -0.1) is 0 Å². The summed E-state index contributed by atoms with van der Waals surface area (Å²) in [6.07, 6.45) is 3.07. The molecule has 0 radical (unpaired) electrons. The first kappa shape index (κ1) is 17.9. The van der Waals surface area contributed by atoms with E-state index >= 15 is 0 Å². The smallest absolute Gasteiger partial charge is 0.243 e. The van der Waals surface area contributed by atoms with Gasteiger partial charge in [-0.2, -0.15) is 4.31 Å². The molecule has 1 amide bonds. The molecule has 0 aromatic heterocycles. The highest BCUT2D eigenvalue weighted by atomic mass is 32.2. The predicted molar refractivity (Wildman–Crippen MR) is 90.6 cm³/mol. The molecule has 0 N–H and O–H groups in total. The maximum absolute atomic E-state index is 12.6. The zero-order chi connectivity index (χ0) is 17.2. The van der Waals surface area contributed by atoms with Crippen molar-refractivity contribution in [2.45, 2.75) is 57.0 Å². The van der Waals surface area contributed by atoms with Crippen molar-refractivity contribution in [3.63, 3.8) is 0 Å². The van der Waals surface area contributed by atoms with Crippen LogP contribution in [0.4, 0.5) is 0 Å². The van der Waals surface area contributed by atoms with E-state index in [0.29, 0.717) is 0 Å². The Kier molecular flexibility index (Phi) is 5.47. The molecule has 0 unspecified atom stereocenters. The lowest BCUT2D eigenvalue weighted by molar-refractivity contribution is -0.137. The number of carbonyl (C=O) groups excluding carboxylic acids is 1. The molecule has 5 nitrogen and oxygen atoms in total. The molecule has 6 heteroatoms. The van der Waals surface area contributed by atoms with Crippen LogP contribution in [-0.4, -0.2) is 49.2 Å². The Morgan fingerprint density at radius 2 is 1.70 bits per heavy atom.